The van der Waals surface area contributed by atoms with Gasteiger partial charge in [0.15, 0.2) is 0 Å². The zero-order valence-corrected chi connectivity index (χ0v) is 14.0. The SMILES string of the molecule is CN(C)C[C@@H](O)Cn1c(-c2cccc(Cl)c2)nc2ccccc21. The number of fused-ring (bicyclic) bond motifs is 1. The minimum absolute atomic E-state index is 0.472. The molecule has 0 bridgehead atoms. The summed E-state index contributed by atoms with van der Waals surface area (Å²) in [7, 11) is 3.90. The number of aliphatic hydroxyl groups excluding tert-OH is 1. The second-order valence-corrected chi connectivity index (χ2v) is 6.40. The summed E-state index contributed by atoms with van der Waals surface area (Å²) in [5.41, 5.74) is 2.88. The molecule has 4 nitrogen and oxygen atoms in total. The van der Waals surface area contributed by atoms with Gasteiger partial charge >= 0.3 is 0 Å². The molecule has 1 N–H and O–H groups in total. The first-order valence-electron chi connectivity index (χ1n) is 7.58. The molecule has 1 aromatic heterocycles. The number of likely N-dealkylation sites (N-methyl/N-ethyl adjacent to an activating group) is 1. The number of halogens is 1. The maximum absolute atomic E-state index is 10.4. The zero-order chi connectivity index (χ0) is 16.4. The molecule has 0 aliphatic rings. The van der Waals surface area contributed by atoms with Crippen LogP contribution in [0.15, 0.2) is 48.5 Å². The molecule has 0 amide bonds. The van der Waals surface area contributed by atoms with E-state index in [0.29, 0.717) is 18.1 Å². The second-order valence-electron chi connectivity index (χ2n) is 5.96. The molecular weight excluding hydrogens is 310 g/mol. The van der Waals surface area contributed by atoms with Crippen molar-refractivity contribution in [2.45, 2.75) is 12.6 Å². The Labute approximate surface area is 140 Å². The summed E-state index contributed by atoms with van der Waals surface area (Å²) in [6.45, 7) is 1.09. The van der Waals surface area contributed by atoms with Crippen LogP contribution in [0.5, 0.6) is 0 Å². The molecule has 120 valence electrons. The lowest BCUT2D eigenvalue weighted by atomic mass is 10.2. The van der Waals surface area contributed by atoms with Crippen molar-refractivity contribution in [1.82, 2.24) is 14.5 Å². The number of rotatable bonds is 5. The first kappa shape index (κ1) is 16.0. The maximum atomic E-state index is 10.4. The van der Waals surface area contributed by atoms with E-state index in [1.54, 1.807) is 0 Å². The minimum Gasteiger partial charge on any atom is -0.390 e. The number of hydrogen-bond acceptors (Lipinski definition) is 3. The normalized spacial score (nSPS) is 12.9. The molecule has 1 atom stereocenters. The molecule has 5 heteroatoms. The molecule has 3 rings (SSSR count). The van der Waals surface area contributed by atoms with Crippen molar-refractivity contribution in [2.24, 2.45) is 0 Å². The van der Waals surface area contributed by atoms with E-state index in [-0.39, 0.29) is 0 Å². The highest BCUT2D eigenvalue weighted by Crippen LogP contribution is 2.27. The summed E-state index contributed by atoms with van der Waals surface area (Å²) in [5.74, 6) is 0.825. The minimum atomic E-state index is -0.472. The average Bonchev–Trinajstić information content (AvgIpc) is 2.85. The summed E-state index contributed by atoms with van der Waals surface area (Å²) in [6.07, 6.45) is -0.472. The molecule has 0 saturated carbocycles. The van der Waals surface area contributed by atoms with Crippen LogP contribution in [0.1, 0.15) is 0 Å². The number of aromatic nitrogens is 2. The predicted octanol–water partition coefficient (Wildman–Crippen LogP) is 3.28. The van der Waals surface area contributed by atoms with Crippen molar-refractivity contribution in [3.8, 4) is 11.4 Å². The third-order valence-corrected chi connectivity index (χ3v) is 3.94. The fraction of sp³-hybridized carbons (Fsp3) is 0.278. The van der Waals surface area contributed by atoms with Crippen LogP contribution in [0.2, 0.25) is 5.02 Å². The Morgan fingerprint density at radius 1 is 1.17 bits per heavy atom. The van der Waals surface area contributed by atoms with Gasteiger partial charge in [-0.05, 0) is 38.4 Å². The van der Waals surface area contributed by atoms with Gasteiger partial charge in [-0.3, -0.25) is 0 Å². The first-order valence-corrected chi connectivity index (χ1v) is 7.96. The van der Waals surface area contributed by atoms with Gasteiger partial charge in [0.1, 0.15) is 5.82 Å². The van der Waals surface area contributed by atoms with Gasteiger partial charge < -0.3 is 14.6 Å². The number of para-hydroxylation sites is 2. The van der Waals surface area contributed by atoms with E-state index in [9.17, 15) is 5.11 Å². The Morgan fingerprint density at radius 2 is 1.96 bits per heavy atom. The van der Waals surface area contributed by atoms with Crippen LogP contribution < -0.4 is 0 Å². The van der Waals surface area contributed by atoms with Crippen LogP contribution in [0.4, 0.5) is 0 Å². The molecular formula is C18H20ClN3O. The Bertz CT molecular complexity index is 813. The molecule has 0 saturated heterocycles. The van der Waals surface area contributed by atoms with Crippen molar-refractivity contribution in [1.29, 1.82) is 0 Å². The summed E-state index contributed by atoms with van der Waals surface area (Å²) < 4.78 is 2.06. The molecule has 0 aliphatic carbocycles. The summed E-state index contributed by atoms with van der Waals surface area (Å²) in [5, 5.41) is 11.0. The number of benzene rings is 2. The molecule has 0 fully saturated rings. The topological polar surface area (TPSA) is 41.3 Å². The Kier molecular flexibility index (Phi) is 4.66. The summed E-state index contributed by atoms with van der Waals surface area (Å²) in [6, 6.07) is 15.6. The lowest BCUT2D eigenvalue weighted by molar-refractivity contribution is 0.121. The Balaban J connectivity index is 2.08. The standard InChI is InChI=1S/C18H20ClN3O/c1-21(2)11-15(23)12-22-17-9-4-3-8-16(17)20-18(22)13-6-5-7-14(19)10-13/h3-10,15,23H,11-12H2,1-2H3/t15-/m1/s1. The van der Waals surface area contributed by atoms with Gasteiger partial charge in [0, 0.05) is 17.1 Å². The monoisotopic (exact) mass is 329 g/mol. The summed E-state index contributed by atoms with van der Waals surface area (Å²) >= 11 is 6.13. The first-order chi connectivity index (χ1) is 11.0. The van der Waals surface area contributed by atoms with Gasteiger partial charge in [0.2, 0.25) is 0 Å². The van der Waals surface area contributed by atoms with E-state index in [1.807, 2.05) is 67.5 Å². The highest BCUT2D eigenvalue weighted by molar-refractivity contribution is 6.30. The molecule has 0 spiro atoms. The average molecular weight is 330 g/mol. The van der Waals surface area contributed by atoms with Gasteiger partial charge in [-0.15, -0.1) is 0 Å². The molecule has 3 aromatic rings. The van der Waals surface area contributed by atoms with Crippen LogP contribution in [-0.4, -0.2) is 46.3 Å². The highest BCUT2D eigenvalue weighted by Gasteiger charge is 2.16. The molecule has 2 aromatic carbocycles. The molecule has 0 radical (unpaired) electrons. The van der Waals surface area contributed by atoms with E-state index in [1.165, 1.54) is 0 Å². The highest BCUT2D eigenvalue weighted by atomic mass is 35.5. The predicted molar refractivity (Wildman–Crippen MR) is 94.7 cm³/mol. The van der Waals surface area contributed by atoms with Crippen molar-refractivity contribution in [3.63, 3.8) is 0 Å². The van der Waals surface area contributed by atoms with Gasteiger partial charge in [0.05, 0.1) is 23.7 Å². The van der Waals surface area contributed by atoms with Gasteiger partial charge in [-0.1, -0.05) is 35.9 Å². The van der Waals surface area contributed by atoms with E-state index >= 15 is 0 Å². The second kappa shape index (κ2) is 6.71. The van der Waals surface area contributed by atoms with Crippen molar-refractivity contribution >= 4 is 22.6 Å². The van der Waals surface area contributed by atoms with E-state index in [2.05, 4.69) is 4.57 Å². The van der Waals surface area contributed by atoms with E-state index < -0.39 is 6.10 Å². The fourth-order valence-electron chi connectivity index (χ4n) is 2.80. The Morgan fingerprint density at radius 3 is 2.70 bits per heavy atom. The molecule has 23 heavy (non-hydrogen) atoms. The van der Waals surface area contributed by atoms with Crippen molar-refractivity contribution in [2.75, 3.05) is 20.6 Å². The van der Waals surface area contributed by atoms with Crippen LogP contribution in [-0.2, 0) is 6.54 Å². The number of nitrogens with zero attached hydrogens (tertiary/aromatic N) is 3. The van der Waals surface area contributed by atoms with E-state index in [0.717, 1.165) is 22.4 Å². The molecule has 1 heterocycles. The third-order valence-electron chi connectivity index (χ3n) is 3.71. The van der Waals surface area contributed by atoms with E-state index in [4.69, 9.17) is 16.6 Å². The largest absolute Gasteiger partial charge is 0.390 e. The zero-order valence-electron chi connectivity index (χ0n) is 13.3. The lowest BCUT2D eigenvalue weighted by Crippen LogP contribution is -2.29. The van der Waals surface area contributed by atoms with Gasteiger partial charge in [-0.25, -0.2) is 4.98 Å². The molecule has 0 unspecified atom stereocenters. The van der Waals surface area contributed by atoms with Crippen LogP contribution in [0, 0.1) is 0 Å². The molecule has 0 aliphatic heterocycles. The van der Waals surface area contributed by atoms with Crippen molar-refractivity contribution < 1.29 is 5.11 Å². The number of imidazole rings is 1. The quantitative estimate of drug-likeness (QED) is 0.781. The summed E-state index contributed by atoms with van der Waals surface area (Å²) in [4.78, 5) is 6.71. The smallest absolute Gasteiger partial charge is 0.141 e. The number of aliphatic hydroxyl groups is 1. The maximum Gasteiger partial charge on any atom is 0.141 e. The van der Waals surface area contributed by atoms with Crippen molar-refractivity contribution in [3.05, 3.63) is 53.6 Å². The van der Waals surface area contributed by atoms with Gasteiger partial charge in [-0.2, -0.15) is 0 Å². The van der Waals surface area contributed by atoms with Crippen LogP contribution >= 0.6 is 11.6 Å². The van der Waals surface area contributed by atoms with Crippen LogP contribution in [0.3, 0.4) is 0 Å². The van der Waals surface area contributed by atoms with Crippen LogP contribution in [0.25, 0.3) is 22.4 Å². The lowest BCUT2D eigenvalue weighted by Gasteiger charge is -2.18. The Hall–Kier alpha value is -1.88. The fourth-order valence-corrected chi connectivity index (χ4v) is 2.99. The number of hydrogen-bond donors (Lipinski definition) is 1. The third kappa shape index (κ3) is 3.55. The van der Waals surface area contributed by atoms with Gasteiger partial charge in [0.25, 0.3) is 0 Å².